The highest BCUT2D eigenvalue weighted by Gasteiger charge is 2.13. The Morgan fingerprint density at radius 2 is 2.00 bits per heavy atom. The molecule has 0 rings (SSSR count). The van der Waals surface area contributed by atoms with Crippen LogP contribution >= 0.6 is 0 Å². The molecule has 0 amide bonds. The molecule has 0 spiro atoms. The van der Waals surface area contributed by atoms with Gasteiger partial charge >= 0.3 is 5.97 Å². The standard InChI is InChI=1S/C12H20O3/c1-10(8-9-13)6-5-7-11(14)15-12(2,3)4/h5-7,13H,8-9H2,1-4H3/b7-5+,10-6-. The number of ether oxygens (including phenoxy) is 1. The monoisotopic (exact) mass is 212 g/mol. The van der Waals surface area contributed by atoms with Crippen molar-refractivity contribution in [2.75, 3.05) is 6.61 Å². The summed E-state index contributed by atoms with van der Waals surface area (Å²) in [6, 6.07) is 0. The molecule has 0 fully saturated rings. The Bertz CT molecular complexity index is 257. The summed E-state index contributed by atoms with van der Waals surface area (Å²) in [7, 11) is 0. The first-order valence-corrected chi connectivity index (χ1v) is 5.03. The number of esters is 1. The van der Waals surface area contributed by atoms with Gasteiger partial charge in [-0.2, -0.15) is 0 Å². The number of aliphatic hydroxyl groups excluding tert-OH is 1. The van der Waals surface area contributed by atoms with E-state index in [1.54, 1.807) is 12.2 Å². The van der Waals surface area contributed by atoms with Crippen molar-refractivity contribution in [3.05, 3.63) is 23.8 Å². The van der Waals surface area contributed by atoms with E-state index >= 15 is 0 Å². The third kappa shape index (κ3) is 9.22. The first kappa shape index (κ1) is 13.9. The van der Waals surface area contributed by atoms with E-state index in [-0.39, 0.29) is 12.6 Å². The van der Waals surface area contributed by atoms with Crippen molar-refractivity contribution in [3.8, 4) is 0 Å². The largest absolute Gasteiger partial charge is 0.457 e. The van der Waals surface area contributed by atoms with Crippen molar-refractivity contribution in [3.63, 3.8) is 0 Å². The van der Waals surface area contributed by atoms with Crippen LogP contribution in [0, 0.1) is 0 Å². The van der Waals surface area contributed by atoms with Crippen molar-refractivity contribution >= 4 is 5.97 Å². The minimum atomic E-state index is -0.453. The number of carbonyl (C=O) groups is 1. The Morgan fingerprint density at radius 1 is 1.40 bits per heavy atom. The molecule has 1 N–H and O–H groups in total. The minimum absolute atomic E-state index is 0.128. The third-order valence-corrected chi connectivity index (χ3v) is 1.53. The summed E-state index contributed by atoms with van der Waals surface area (Å²) >= 11 is 0. The molecule has 0 aliphatic heterocycles. The highest BCUT2D eigenvalue weighted by Crippen LogP contribution is 2.07. The number of allylic oxidation sites excluding steroid dienone is 2. The van der Waals surface area contributed by atoms with Gasteiger partial charge in [0.1, 0.15) is 5.60 Å². The number of hydrogen-bond acceptors (Lipinski definition) is 3. The Labute approximate surface area is 91.4 Å². The average Bonchev–Trinajstić information content (AvgIpc) is 2.00. The highest BCUT2D eigenvalue weighted by atomic mass is 16.6. The summed E-state index contributed by atoms with van der Waals surface area (Å²) in [6.07, 6.45) is 5.43. The van der Waals surface area contributed by atoms with E-state index in [9.17, 15) is 4.79 Å². The predicted molar refractivity (Wildman–Crippen MR) is 60.4 cm³/mol. The normalized spacial score (nSPS) is 13.3. The van der Waals surface area contributed by atoms with Crippen LogP contribution in [0.25, 0.3) is 0 Å². The summed E-state index contributed by atoms with van der Waals surface area (Å²) < 4.78 is 5.08. The molecule has 0 aromatic heterocycles. The lowest BCUT2D eigenvalue weighted by molar-refractivity contribution is -0.148. The molecule has 0 bridgehead atoms. The van der Waals surface area contributed by atoms with Crippen LogP contribution in [0.4, 0.5) is 0 Å². The Balaban J connectivity index is 4.07. The average molecular weight is 212 g/mol. The summed E-state index contributed by atoms with van der Waals surface area (Å²) in [5.41, 5.74) is 0.572. The third-order valence-electron chi connectivity index (χ3n) is 1.53. The molecule has 0 aromatic carbocycles. The van der Waals surface area contributed by atoms with Gasteiger partial charge in [-0.15, -0.1) is 0 Å². The molecule has 3 nitrogen and oxygen atoms in total. The van der Waals surface area contributed by atoms with Gasteiger partial charge in [-0.05, 0) is 34.1 Å². The number of rotatable bonds is 4. The number of hydrogen-bond donors (Lipinski definition) is 1. The summed E-state index contributed by atoms with van der Waals surface area (Å²) in [4.78, 5) is 11.2. The lowest BCUT2D eigenvalue weighted by Gasteiger charge is -2.17. The van der Waals surface area contributed by atoms with Crippen molar-refractivity contribution in [1.82, 2.24) is 0 Å². The topological polar surface area (TPSA) is 46.5 Å². The highest BCUT2D eigenvalue weighted by molar-refractivity contribution is 5.82. The van der Waals surface area contributed by atoms with Gasteiger partial charge in [-0.1, -0.05) is 17.7 Å². The first-order chi connectivity index (χ1) is 6.85. The Hall–Kier alpha value is -1.09. The molecule has 0 aliphatic carbocycles. The molecule has 0 heterocycles. The molecule has 0 aliphatic rings. The molecule has 0 aromatic rings. The van der Waals surface area contributed by atoms with E-state index in [2.05, 4.69) is 0 Å². The fourth-order valence-corrected chi connectivity index (χ4v) is 0.886. The first-order valence-electron chi connectivity index (χ1n) is 5.03. The van der Waals surface area contributed by atoms with Gasteiger partial charge in [-0.3, -0.25) is 0 Å². The second kappa shape index (κ2) is 6.40. The molecule has 15 heavy (non-hydrogen) atoms. The van der Waals surface area contributed by atoms with Gasteiger partial charge in [0.2, 0.25) is 0 Å². The van der Waals surface area contributed by atoms with E-state index in [0.29, 0.717) is 6.42 Å². The van der Waals surface area contributed by atoms with Crippen LogP contribution in [-0.4, -0.2) is 23.3 Å². The van der Waals surface area contributed by atoms with Crippen molar-refractivity contribution in [2.45, 2.75) is 39.7 Å². The molecule has 0 saturated heterocycles. The number of aliphatic hydroxyl groups is 1. The molecule has 3 heteroatoms. The zero-order valence-corrected chi connectivity index (χ0v) is 9.91. The zero-order chi connectivity index (χ0) is 11.9. The van der Waals surface area contributed by atoms with E-state index < -0.39 is 5.60 Å². The second-order valence-corrected chi connectivity index (χ2v) is 4.38. The molecule has 0 radical (unpaired) electrons. The van der Waals surface area contributed by atoms with E-state index in [1.807, 2.05) is 27.7 Å². The van der Waals surface area contributed by atoms with Crippen LogP contribution in [0.1, 0.15) is 34.1 Å². The summed E-state index contributed by atoms with van der Waals surface area (Å²) in [5, 5.41) is 8.64. The van der Waals surface area contributed by atoms with Crippen LogP contribution in [0.3, 0.4) is 0 Å². The van der Waals surface area contributed by atoms with Gasteiger partial charge in [0, 0.05) is 12.7 Å². The van der Waals surface area contributed by atoms with Gasteiger partial charge in [0.25, 0.3) is 0 Å². The van der Waals surface area contributed by atoms with Crippen LogP contribution < -0.4 is 0 Å². The number of carbonyl (C=O) groups excluding carboxylic acids is 1. The second-order valence-electron chi connectivity index (χ2n) is 4.38. The van der Waals surface area contributed by atoms with Crippen LogP contribution in [0.2, 0.25) is 0 Å². The predicted octanol–water partition coefficient (Wildman–Crippen LogP) is 2.21. The van der Waals surface area contributed by atoms with Crippen molar-refractivity contribution in [2.24, 2.45) is 0 Å². The maximum Gasteiger partial charge on any atom is 0.331 e. The van der Waals surface area contributed by atoms with Crippen LogP contribution in [-0.2, 0) is 9.53 Å². The zero-order valence-electron chi connectivity index (χ0n) is 9.91. The fourth-order valence-electron chi connectivity index (χ4n) is 0.886. The molecular formula is C12H20O3. The van der Waals surface area contributed by atoms with Gasteiger partial charge in [-0.25, -0.2) is 4.79 Å². The van der Waals surface area contributed by atoms with Gasteiger partial charge in [0.15, 0.2) is 0 Å². The van der Waals surface area contributed by atoms with Crippen molar-refractivity contribution < 1.29 is 14.6 Å². The van der Waals surface area contributed by atoms with E-state index in [4.69, 9.17) is 9.84 Å². The van der Waals surface area contributed by atoms with Gasteiger partial charge in [0.05, 0.1) is 0 Å². The van der Waals surface area contributed by atoms with E-state index in [1.165, 1.54) is 6.08 Å². The maximum atomic E-state index is 11.2. The molecule has 86 valence electrons. The summed E-state index contributed by atoms with van der Waals surface area (Å²) in [5.74, 6) is -0.351. The van der Waals surface area contributed by atoms with Crippen LogP contribution in [0.5, 0.6) is 0 Å². The van der Waals surface area contributed by atoms with Crippen molar-refractivity contribution in [1.29, 1.82) is 0 Å². The maximum absolute atomic E-state index is 11.2. The van der Waals surface area contributed by atoms with E-state index in [0.717, 1.165) is 5.57 Å². The lowest BCUT2D eigenvalue weighted by atomic mass is 10.2. The van der Waals surface area contributed by atoms with Gasteiger partial charge < -0.3 is 9.84 Å². The molecular weight excluding hydrogens is 192 g/mol. The smallest absolute Gasteiger partial charge is 0.331 e. The minimum Gasteiger partial charge on any atom is -0.457 e. The SMILES string of the molecule is C/C(=C/C=C/C(=O)OC(C)(C)C)CCO. The van der Waals surface area contributed by atoms with Crippen LogP contribution in [0.15, 0.2) is 23.8 Å². The lowest BCUT2D eigenvalue weighted by Crippen LogP contribution is -2.22. The Kier molecular flexibility index (Phi) is 5.94. The molecule has 0 atom stereocenters. The Morgan fingerprint density at radius 3 is 2.47 bits per heavy atom. The fraction of sp³-hybridized carbons (Fsp3) is 0.583. The molecule has 0 unspecified atom stereocenters. The quantitative estimate of drug-likeness (QED) is 0.441. The summed E-state index contributed by atoms with van der Waals surface area (Å²) in [6.45, 7) is 7.50. The molecule has 0 saturated carbocycles.